The van der Waals surface area contributed by atoms with E-state index in [2.05, 4.69) is 36.4 Å². The first-order chi connectivity index (χ1) is 10.9. The summed E-state index contributed by atoms with van der Waals surface area (Å²) in [7, 11) is 0. The second-order valence-electron chi connectivity index (χ2n) is 5.74. The minimum Gasteiger partial charge on any atom is -0.458 e. The summed E-state index contributed by atoms with van der Waals surface area (Å²) < 4.78 is 12.3. The van der Waals surface area contributed by atoms with E-state index in [0.29, 0.717) is 0 Å². The van der Waals surface area contributed by atoms with Crippen LogP contribution in [0.25, 0.3) is 0 Å². The molecule has 2 nitrogen and oxygen atoms in total. The van der Waals surface area contributed by atoms with Crippen molar-refractivity contribution >= 4 is 34.9 Å². The maximum absolute atomic E-state index is 6.16. The van der Waals surface area contributed by atoms with Crippen molar-refractivity contribution in [2.24, 2.45) is 0 Å². The average Bonchev–Trinajstić information content (AvgIpc) is 2.55. The van der Waals surface area contributed by atoms with Crippen LogP contribution in [0.5, 0.6) is 23.0 Å². The zero-order valence-electron chi connectivity index (χ0n) is 11.5. The quantitative estimate of drug-likeness (QED) is 0.402. The van der Waals surface area contributed by atoms with E-state index < -0.39 is 0 Å². The molecule has 0 aliphatic carbocycles. The second-order valence-corrected chi connectivity index (χ2v) is 6.83. The topological polar surface area (TPSA) is 18.5 Å². The monoisotopic (exact) mass is 300 g/mol. The average molecular weight is 300 g/mol. The lowest BCUT2D eigenvalue weighted by atomic mass is 9.34. The predicted octanol–water partition coefficient (Wildman–Crippen LogP) is 2.88. The Bertz CT molecular complexity index is 795. The van der Waals surface area contributed by atoms with Crippen LogP contribution in [0.3, 0.4) is 0 Å². The number of ether oxygens (including phenoxy) is 2. The molecule has 0 radical (unpaired) electrons. The van der Waals surface area contributed by atoms with Gasteiger partial charge in [0.1, 0.15) is 23.0 Å². The van der Waals surface area contributed by atoms with Crippen molar-refractivity contribution < 1.29 is 9.47 Å². The van der Waals surface area contributed by atoms with Crippen LogP contribution in [-0.4, -0.2) is 6.71 Å². The van der Waals surface area contributed by atoms with E-state index in [1.165, 1.54) is 26.2 Å². The second kappa shape index (κ2) is 3.71. The molecule has 0 spiro atoms. The van der Waals surface area contributed by atoms with Gasteiger partial charge in [-0.05, 0) is 47.3 Å². The molecule has 4 heteroatoms. The van der Waals surface area contributed by atoms with E-state index in [4.69, 9.17) is 9.47 Å². The molecule has 3 aromatic carbocycles. The van der Waals surface area contributed by atoms with Crippen LogP contribution in [0.2, 0.25) is 0 Å². The molecule has 3 aliphatic rings. The van der Waals surface area contributed by atoms with Gasteiger partial charge in [-0.15, -0.1) is 0 Å². The minimum absolute atomic E-state index is 0.229. The fourth-order valence-electron chi connectivity index (χ4n) is 3.75. The summed E-state index contributed by atoms with van der Waals surface area (Å²) in [5.41, 5.74) is 3.74. The lowest BCUT2D eigenvalue weighted by Gasteiger charge is -2.37. The molecule has 0 fully saturated rings. The van der Waals surface area contributed by atoms with Crippen LogP contribution in [0, 0.1) is 0 Å². The first-order valence-corrected chi connectivity index (χ1v) is 8.14. The largest absolute Gasteiger partial charge is 0.458 e. The summed E-state index contributed by atoms with van der Waals surface area (Å²) >= 11 is 1.81. The fraction of sp³-hybridized carbons (Fsp3) is 0. The Labute approximate surface area is 132 Å². The molecule has 22 heavy (non-hydrogen) atoms. The first-order valence-electron chi connectivity index (χ1n) is 7.32. The molecule has 3 heterocycles. The zero-order valence-corrected chi connectivity index (χ0v) is 12.3. The van der Waals surface area contributed by atoms with E-state index in [-0.39, 0.29) is 6.71 Å². The predicted molar refractivity (Wildman–Crippen MR) is 88.3 cm³/mol. The summed E-state index contributed by atoms with van der Waals surface area (Å²) in [6.45, 7) is 0.229. The molecule has 0 atom stereocenters. The Morgan fingerprint density at radius 3 is 1.59 bits per heavy atom. The van der Waals surface area contributed by atoms with E-state index in [9.17, 15) is 0 Å². The van der Waals surface area contributed by atoms with Gasteiger partial charge in [0.2, 0.25) is 0 Å². The highest BCUT2D eigenvalue weighted by molar-refractivity contribution is 8.00. The van der Waals surface area contributed by atoms with Gasteiger partial charge < -0.3 is 9.47 Å². The smallest absolute Gasteiger partial charge is 0.263 e. The third-order valence-electron chi connectivity index (χ3n) is 4.60. The van der Waals surface area contributed by atoms with Gasteiger partial charge in [-0.25, -0.2) is 0 Å². The van der Waals surface area contributed by atoms with Gasteiger partial charge in [-0.2, -0.15) is 0 Å². The molecular formula is C18H9BO2S. The zero-order chi connectivity index (χ0) is 14.3. The summed E-state index contributed by atoms with van der Waals surface area (Å²) in [4.78, 5) is 2.57. The van der Waals surface area contributed by atoms with Gasteiger partial charge >= 0.3 is 0 Å². The van der Waals surface area contributed by atoms with Crippen LogP contribution < -0.4 is 25.9 Å². The van der Waals surface area contributed by atoms with Gasteiger partial charge in [-0.3, -0.25) is 0 Å². The molecule has 0 unspecified atom stereocenters. The Kier molecular flexibility index (Phi) is 1.90. The van der Waals surface area contributed by atoms with E-state index >= 15 is 0 Å². The van der Waals surface area contributed by atoms with Crippen LogP contribution >= 0.6 is 11.8 Å². The maximum Gasteiger partial charge on any atom is 0.263 e. The summed E-state index contributed by atoms with van der Waals surface area (Å²) in [6, 6.07) is 18.7. The Balaban J connectivity index is 1.80. The van der Waals surface area contributed by atoms with Gasteiger partial charge in [0.05, 0.1) is 0 Å². The van der Waals surface area contributed by atoms with Crippen molar-refractivity contribution in [2.75, 3.05) is 0 Å². The van der Waals surface area contributed by atoms with Crippen molar-refractivity contribution in [3.63, 3.8) is 0 Å². The van der Waals surface area contributed by atoms with E-state index in [0.717, 1.165) is 23.0 Å². The molecule has 3 aliphatic heterocycles. The van der Waals surface area contributed by atoms with Crippen molar-refractivity contribution in [3.05, 3.63) is 54.6 Å². The molecule has 0 bridgehead atoms. The number of benzene rings is 3. The number of hydrogen-bond donors (Lipinski definition) is 0. The molecule has 0 N–H and O–H groups in total. The summed E-state index contributed by atoms with van der Waals surface area (Å²) in [5, 5.41) is 0. The standard InChI is InChI=1S/C18H9BO2S/c1-4-10-16-11(5-1)21-13-7-3-9-15-18(13)19(16)17-12(20-10)6-2-8-14(17)22-15/h1-9H. The summed E-state index contributed by atoms with van der Waals surface area (Å²) in [6.07, 6.45) is 0. The van der Waals surface area contributed by atoms with Crippen LogP contribution in [0.15, 0.2) is 64.4 Å². The van der Waals surface area contributed by atoms with Crippen molar-refractivity contribution in [3.8, 4) is 23.0 Å². The highest BCUT2D eigenvalue weighted by atomic mass is 32.2. The van der Waals surface area contributed by atoms with Crippen molar-refractivity contribution in [2.45, 2.75) is 9.79 Å². The molecule has 0 amide bonds. The lowest BCUT2D eigenvalue weighted by molar-refractivity contribution is 0.463. The normalized spacial score (nSPS) is 14.8. The SMILES string of the molecule is c1cc2c3c(c1)Oc1cccc4c1B3c1c(cccc1S4)O2. The first kappa shape index (κ1) is 11.3. The molecule has 3 aromatic rings. The van der Waals surface area contributed by atoms with Crippen LogP contribution in [-0.2, 0) is 0 Å². The molecule has 0 aromatic heterocycles. The molecular weight excluding hydrogens is 291 g/mol. The Morgan fingerprint density at radius 2 is 1.05 bits per heavy atom. The molecule has 6 rings (SSSR count). The molecule has 102 valence electrons. The van der Waals surface area contributed by atoms with Crippen LogP contribution in [0.1, 0.15) is 0 Å². The van der Waals surface area contributed by atoms with Gasteiger partial charge in [0.15, 0.2) is 0 Å². The maximum atomic E-state index is 6.16. The van der Waals surface area contributed by atoms with Crippen LogP contribution in [0.4, 0.5) is 0 Å². The lowest BCUT2D eigenvalue weighted by Crippen LogP contribution is -2.59. The number of rotatable bonds is 0. The Morgan fingerprint density at radius 1 is 0.591 bits per heavy atom. The Hall–Kier alpha value is -2.33. The van der Waals surface area contributed by atoms with Gasteiger partial charge in [0, 0.05) is 15.3 Å². The summed E-state index contributed by atoms with van der Waals surface area (Å²) in [5.74, 6) is 3.78. The minimum atomic E-state index is 0.229. The highest BCUT2D eigenvalue weighted by Gasteiger charge is 2.44. The molecule has 0 saturated carbocycles. The third-order valence-corrected chi connectivity index (χ3v) is 5.76. The van der Waals surface area contributed by atoms with Crippen molar-refractivity contribution in [1.29, 1.82) is 0 Å². The number of hydrogen-bond acceptors (Lipinski definition) is 3. The molecule has 0 saturated heterocycles. The van der Waals surface area contributed by atoms with E-state index in [1.54, 1.807) is 0 Å². The van der Waals surface area contributed by atoms with Gasteiger partial charge in [0.25, 0.3) is 6.71 Å². The van der Waals surface area contributed by atoms with E-state index in [1.807, 2.05) is 30.0 Å². The fourth-order valence-corrected chi connectivity index (χ4v) is 4.93. The third kappa shape index (κ3) is 1.21. The van der Waals surface area contributed by atoms with Crippen molar-refractivity contribution in [1.82, 2.24) is 0 Å². The highest BCUT2D eigenvalue weighted by Crippen LogP contribution is 2.42. The van der Waals surface area contributed by atoms with Gasteiger partial charge in [-0.1, -0.05) is 30.0 Å².